The molecule has 1 aromatic heterocycles. The fourth-order valence-corrected chi connectivity index (χ4v) is 2.79. The quantitative estimate of drug-likeness (QED) is 0.231. The molecule has 6 nitrogen and oxygen atoms in total. The Hall–Kier alpha value is -1.74. The summed E-state index contributed by atoms with van der Waals surface area (Å²) in [6, 6.07) is 9.51. The second kappa shape index (κ2) is 11.9. The Bertz CT molecular complexity index is 764. The third-order valence-electron chi connectivity index (χ3n) is 3.95. The van der Waals surface area contributed by atoms with Crippen LogP contribution in [0.4, 0.5) is 0 Å². The molecule has 0 radical (unpaired) electrons. The van der Waals surface area contributed by atoms with Gasteiger partial charge in [-0.3, -0.25) is 9.79 Å². The summed E-state index contributed by atoms with van der Waals surface area (Å²) in [5.41, 5.74) is 1.84. The highest BCUT2D eigenvalue weighted by Gasteiger charge is 2.12. The van der Waals surface area contributed by atoms with E-state index in [-0.39, 0.29) is 35.9 Å². The van der Waals surface area contributed by atoms with Gasteiger partial charge in [-0.2, -0.15) is 0 Å². The number of hydrogen-bond donors (Lipinski definition) is 3. The van der Waals surface area contributed by atoms with Crippen LogP contribution in [0.3, 0.4) is 0 Å². The van der Waals surface area contributed by atoms with E-state index in [1.807, 2.05) is 38.1 Å². The Kier molecular flexibility index (Phi) is 10.2. The van der Waals surface area contributed by atoms with Gasteiger partial charge < -0.3 is 20.4 Å². The number of furan rings is 1. The van der Waals surface area contributed by atoms with E-state index in [2.05, 4.69) is 20.9 Å². The molecule has 2 aromatic rings. The topological polar surface area (TPSA) is 78.7 Å². The zero-order chi connectivity index (χ0) is 18.9. The van der Waals surface area contributed by atoms with E-state index in [1.165, 1.54) is 6.26 Å². The van der Waals surface area contributed by atoms with E-state index >= 15 is 0 Å². The van der Waals surface area contributed by atoms with Gasteiger partial charge in [-0.1, -0.05) is 29.8 Å². The van der Waals surface area contributed by atoms with Gasteiger partial charge in [0.1, 0.15) is 0 Å². The van der Waals surface area contributed by atoms with Crippen molar-refractivity contribution in [2.45, 2.75) is 26.3 Å². The van der Waals surface area contributed by atoms with Crippen molar-refractivity contribution in [1.29, 1.82) is 0 Å². The second-order valence-corrected chi connectivity index (χ2v) is 6.34. The minimum Gasteiger partial charge on any atom is -0.459 e. The van der Waals surface area contributed by atoms with Crippen LogP contribution in [0.5, 0.6) is 0 Å². The number of nitrogens with one attached hydrogen (secondary N) is 3. The molecule has 1 atom stereocenters. The zero-order valence-corrected chi connectivity index (χ0v) is 18.8. The molecule has 8 heteroatoms. The number of carbonyl (C=O) groups excluding carboxylic acids is 1. The Morgan fingerprint density at radius 1 is 1.22 bits per heavy atom. The molecule has 27 heavy (non-hydrogen) atoms. The van der Waals surface area contributed by atoms with Crippen molar-refractivity contribution in [3.05, 3.63) is 58.5 Å². The van der Waals surface area contributed by atoms with Gasteiger partial charge in [-0.05, 0) is 38.0 Å². The Balaban J connectivity index is 0.00000364. The molecule has 0 saturated carbocycles. The molecular weight excluding hydrogens is 479 g/mol. The lowest BCUT2D eigenvalue weighted by molar-refractivity contribution is 0.0925. The highest BCUT2D eigenvalue weighted by atomic mass is 127. The average molecular weight is 505 g/mol. The first-order valence-corrected chi connectivity index (χ1v) is 8.94. The lowest BCUT2D eigenvalue weighted by Gasteiger charge is -2.19. The maximum Gasteiger partial charge on any atom is 0.287 e. The maximum atomic E-state index is 11.9. The SMILES string of the molecule is CN=C(NCCCNC(=O)c1occc1C)NC(C)c1ccccc1Cl.I. The van der Waals surface area contributed by atoms with Crippen LogP contribution in [-0.4, -0.2) is 32.0 Å². The fraction of sp³-hybridized carbons (Fsp3) is 0.368. The van der Waals surface area contributed by atoms with Gasteiger partial charge in [0.05, 0.1) is 12.3 Å². The van der Waals surface area contributed by atoms with Crippen LogP contribution in [0.2, 0.25) is 5.02 Å². The van der Waals surface area contributed by atoms with E-state index in [9.17, 15) is 4.79 Å². The number of aryl methyl sites for hydroxylation is 1. The summed E-state index contributed by atoms with van der Waals surface area (Å²) in [5.74, 6) is 0.858. The van der Waals surface area contributed by atoms with Gasteiger partial charge in [-0.15, -0.1) is 24.0 Å². The number of amides is 1. The third kappa shape index (κ3) is 7.06. The first-order valence-electron chi connectivity index (χ1n) is 8.56. The molecule has 148 valence electrons. The van der Waals surface area contributed by atoms with E-state index in [0.29, 0.717) is 24.8 Å². The summed E-state index contributed by atoms with van der Waals surface area (Å²) in [6.45, 7) is 5.09. The summed E-state index contributed by atoms with van der Waals surface area (Å²) >= 11 is 6.23. The molecule has 1 amide bonds. The number of halogens is 2. The van der Waals surface area contributed by atoms with Gasteiger partial charge in [0.2, 0.25) is 0 Å². The van der Waals surface area contributed by atoms with Crippen LogP contribution in [0.1, 0.15) is 41.1 Å². The largest absolute Gasteiger partial charge is 0.459 e. The van der Waals surface area contributed by atoms with Gasteiger partial charge in [-0.25, -0.2) is 0 Å². The van der Waals surface area contributed by atoms with Gasteiger partial charge in [0.25, 0.3) is 5.91 Å². The Morgan fingerprint density at radius 2 is 1.93 bits per heavy atom. The van der Waals surface area contributed by atoms with Crippen molar-refractivity contribution in [3.63, 3.8) is 0 Å². The summed E-state index contributed by atoms with van der Waals surface area (Å²) in [6.07, 6.45) is 2.27. The molecule has 0 bridgehead atoms. The van der Waals surface area contributed by atoms with Crippen molar-refractivity contribution in [1.82, 2.24) is 16.0 Å². The number of benzene rings is 1. The lowest BCUT2D eigenvalue weighted by atomic mass is 10.1. The van der Waals surface area contributed by atoms with Crippen molar-refractivity contribution >= 4 is 47.4 Å². The third-order valence-corrected chi connectivity index (χ3v) is 4.29. The van der Waals surface area contributed by atoms with E-state index in [4.69, 9.17) is 16.0 Å². The van der Waals surface area contributed by atoms with Crippen molar-refractivity contribution in [2.24, 2.45) is 4.99 Å². The first-order chi connectivity index (χ1) is 12.5. The van der Waals surface area contributed by atoms with Crippen LogP contribution in [0, 0.1) is 6.92 Å². The molecule has 0 aliphatic carbocycles. The van der Waals surface area contributed by atoms with Crippen molar-refractivity contribution in [2.75, 3.05) is 20.1 Å². The molecule has 0 spiro atoms. The summed E-state index contributed by atoms with van der Waals surface area (Å²) in [4.78, 5) is 16.2. The van der Waals surface area contributed by atoms with Crippen molar-refractivity contribution in [3.8, 4) is 0 Å². The van der Waals surface area contributed by atoms with Crippen LogP contribution in [0.15, 0.2) is 46.0 Å². The standard InChI is InChI=1S/C19H25ClN4O2.HI/c1-13-9-12-26-17(13)18(25)22-10-6-11-23-19(21-3)24-14(2)15-7-4-5-8-16(15)20;/h4-5,7-9,12,14H,6,10-11H2,1-3H3,(H,22,25)(H2,21,23,24);1H. The minimum atomic E-state index is -0.192. The number of aliphatic imine (C=N–C) groups is 1. The molecule has 0 aliphatic heterocycles. The number of guanidine groups is 1. The zero-order valence-electron chi connectivity index (χ0n) is 15.7. The minimum absolute atomic E-state index is 0. The molecule has 1 unspecified atom stereocenters. The van der Waals surface area contributed by atoms with Crippen LogP contribution in [-0.2, 0) is 0 Å². The number of hydrogen-bond acceptors (Lipinski definition) is 3. The predicted molar refractivity (Wildman–Crippen MR) is 120 cm³/mol. The van der Waals surface area contributed by atoms with Crippen molar-refractivity contribution < 1.29 is 9.21 Å². The van der Waals surface area contributed by atoms with E-state index in [0.717, 1.165) is 22.6 Å². The Morgan fingerprint density at radius 3 is 2.56 bits per heavy atom. The second-order valence-electron chi connectivity index (χ2n) is 5.93. The maximum absolute atomic E-state index is 11.9. The molecular formula is C19H26ClIN4O2. The molecule has 0 saturated heterocycles. The Labute approximate surface area is 182 Å². The molecule has 1 aromatic carbocycles. The molecule has 2 rings (SSSR count). The molecule has 0 aliphatic rings. The lowest BCUT2D eigenvalue weighted by Crippen LogP contribution is -2.40. The normalized spacial score (nSPS) is 12.1. The average Bonchev–Trinajstić information content (AvgIpc) is 3.06. The monoisotopic (exact) mass is 504 g/mol. The highest BCUT2D eigenvalue weighted by Crippen LogP contribution is 2.21. The summed E-state index contributed by atoms with van der Waals surface area (Å²) in [5, 5.41) is 10.1. The number of carbonyl (C=O) groups is 1. The first kappa shape index (κ1) is 23.3. The van der Waals surface area contributed by atoms with E-state index in [1.54, 1.807) is 13.1 Å². The fourth-order valence-electron chi connectivity index (χ4n) is 2.49. The van der Waals surface area contributed by atoms with Gasteiger partial charge in [0.15, 0.2) is 11.7 Å². The van der Waals surface area contributed by atoms with Gasteiger partial charge >= 0.3 is 0 Å². The molecule has 1 heterocycles. The van der Waals surface area contributed by atoms with Crippen LogP contribution >= 0.6 is 35.6 Å². The summed E-state index contributed by atoms with van der Waals surface area (Å²) < 4.78 is 5.17. The number of nitrogens with zero attached hydrogens (tertiary/aromatic N) is 1. The molecule has 3 N–H and O–H groups in total. The number of rotatable bonds is 7. The summed E-state index contributed by atoms with van der Waals surface area (Å²) in [7, 11) is 1.72. The van der Waals surface area contributed by atoms with Gasteiger partial charge in [0, 0.05) is 30.7 Å². The predicted octanol–water partition coefficient (Wildman–Crippen LogP) is 3.91. The van der Waals surface area contributed by atoms with Crippen LogP contribution in [0.25, 0.3) is 0 Å². The highest BCUT2D eigenvalue weighted by molar-refractivity contribution is 14.0. The van der Waals surface area contributed by atoms with E-state index < -0.39 is 0 Å². The molecule has 0 fully saturated rings. The van der Waals surface area contributed by atoms with Crippen LogP contribution < -0.4 is 16.0 Å². The smallest absolute Gasteiger partial charge is 0.287 e.